The molecule has 2 saturated carbocycles. The largest absolute Gasteiger partial charge is 0.339 e. The van der Waals surface area contributed by atoms with Gasteiger partial charge in [-0.15, -0.1) is 0 Å². The normalized spacial score (nSPS) is 15.2. The molecule has 0 amide bonds. The first-order chi connectivity index (χ1) is 17.0. The maximum Gasteiger partial charge on any atom is 0.252 e. The van der Waals surface area contributed by atoms with Crippen LogP contribution in [-0.4, -0.2) is 16.1 Å². The van der Waals surface area contributed by atoms with Gasteiger partial charge in [-0.1, -0.05) is 29.8 Å². The highest BCUT2D eigenvalue weighted by molar-refractivity contribution is 6.30. The summed E-state index contributed by atoms with van der Waals surface area (Å²) >= 11 is 6.18. The Balaban J connectivity index is 1.55. The van der Waals surface area contributed by atoms with Crippen LogP contribution < -0.4 is 10.5 Å². The van der Waals surface area contributed by atoms with E-state index in [0.29, 0.717) is 23.0 Å². The van der Waals surface area contributed by atoms with Crippen LogP contribution in [0.4, 0.5) is 11.4 Å². The Morgan fingerprint density at radius 3 is 2.51 bits per heavy atom. The molecule has 2 aromatic heterocycles. The predicted molar refractivity (Wildman–Crippen MR) is 140 cm³/mol. The zero-order valence-corrected chi connectivity index (χ0v) is 20.3. The van der Waals surface area contributed by atoms with Crippen LogP contribution in [0.15, 0.2) is 65.5 Å². The number of nitriles is 1. The lowest BCUT2D eigenvalue weighted by atomic mass is 9.95. The van der Waals surface area contributed by atoms with Gasteiger partial charge < -0.3 is 9.47 Å². The van der Waals surface area contributed by atoms with Crippen molar-refractivity contribution in [3.05, 3.63) is 87.3 Å². The SMILES string of the molecule is Cn1c(=O)cc(N(CC2CC2)c2ccc(C3CC3)c(-c3ccc(Cl)cc3)c2)c2nc(C#N)ccc21. The number of rotatable bonds is 6. The van der Waals surface area contributed by atoms with E-state index in [2.05, 4.69) is 46.3 Å². The number of nitrogens with zero attached hydrogens (tertiary/aromatic N) is 4. The first-order valence-electron chi connectivity index (χ1n) is 12.1. The van der Waals surface area contributed by atoms with Gasteiger partial charge in [-0.05, 0) is 90.6 Å². The van der Waals surface area contributed by atoms with Crippen molar-refractivity contribution in [2.45, 2.75) is 31.6 Å². The van der Waals surface area contributed by atoms with Crippen LogP contribution in [0.5, 0.6) is 0 Å². The molecule has 2 aliphatic rings. The summed E-state index contributed by atoms with van der Waals surface area (Å²) in [5, 5.41) is 10.2. The van der Waals surface area contributed by atoms with Gasteiger partial charge >= 0.3 is 0 Å². The number of hydrogen-bond acceptors (Lipinski definition) is 4. The molecule has 6 rings (SSSR count). The highest BCUT2D eigenvalue weighted by Gasteiger charge is 2.30. The van der Waals surface area contributed by atoms with Crippen molar-refractivity contribution >= 4 is 34.0 Å². The first kappa shape index (κ1) is 21.9. The summed E-state index contributed by atoms with van der Waals surface area (Å²) in [7, 11) is 1.75. The lowest BCUT2D eigenvalue weighted by molar-refractivity contribution is 0.810. The van der Waals surface area contributed by atoms with Crippen molar-refractivity contribution in [2.75, 3.05) is 11.4 Å². The molecule has 2 aliphatic carbocycles. The minimum atomic E-state index is -0.0904. The smallest absolute Gasteiger partial charge is 0.252 e. The van der Waals surface area contributed by atoms with Gasteiger partial charge in [0.05, 0.1) is 11.2 Å². The molecule has 174 valence electrons. The molecular formula is C29H25ClN4O. The van der Waals surface area contributed by atoms with E-state index in [0.717, 1.165) is 34.0 Å². The molecule has 0 unspecified atom stereocenters. The van der Waals surface area contributed by atoms with Crippen LogP contribution >= 0.6 is 11.6 Å². The zero-order chi connectivity index (χ0) is 24.1. The lowest BCUT2D eigenvalue weighted by Crippen LogP contribution is -2.25. The molecule has 2 heterocycles. The summed E-state index contributed by atoms with van der Waals surface area (Å²) < 4.78 is 1.59. The third kappa shape index (κ3) is 4.19. The molecule has 0 saturated heterocycles. The second kappa shape index (κ2) is 8.55. The highest BCUT2D eigenvalue weighted by atomic mass is 35.5. The molecule has 2 aromatic carbocycles. The molecule has 4 aromatic rings. The average Bonchev–Trinajstić information content (AvgIpc) is 3.80. The van der Waals surface area contributed by atoms with Gasteiger partial charge in [0.1, 0.15) is 17.3 Å². The van der Waals surface area contributed by atoms with E-state index in [1.165, 1.54) is 36.8 Å². The van der Waals surface area contributed by atoms with Gasteiger partial charge in [-0.3, -0.25) is 4.79 Å². The molecule has 0 N–H and O–H groups in total. The topological polar surface area (TPSA) is 61.9 Å². The Kier molecular flexibility index (Phi) is 5.35. The molecule has 2 fully saturated rings. The van der Waals surface area contributed by atoms with E-state index in [-0.39, 0.29) is 5.56 Å². The summed E-state index contributed by atoms with van der Waals surface area (Å²) in [6.45, 7) is 0.809. The fourth-order valence-corrected chi connectivity index (χ4v) is 4.95. The minimum Gasteiger partial charge on any atom is -0.339 e. The average molecular weight is 481 g/mol. The fourth-order valence-electron chi connectivity index (χ4n) is 4.82. The van der Waals surface area contributed by atoms with E-state index in [1.807, 2.05) is 18.2 Å². The monoisotopic (exact) mass is 480 g/mol. The van der Waals surface area contributed by atoms with Gasteiger partial charge in [0.2, 0.25) is 0 Å². The van der Waals surface area contributed by atoms with Gasteiger partial charge in [0.25, 0.3) is 5.56 Å². The van der Waals surface area contributed by atoms with Crippen molar-refractivity contribution in [1.29, 1.82) is 5.26 Å². The molecule has 0 spiro atoms. The van der Waals surface area contributed by atoms with Crippen LogP contribution in [0.25, 0.3) is 22.2 Å². The highest BCUT2D eigenvalue weighted by Crippen LogP contribution is 2.46. The Morgan fingerprint density at radius 2 is 1.83 bits per heavy atom. The second-order valence-corrected chi connectivity index (χ2v) is 10.1. The zero-order valence-electron chi connectivity index (χ0n) is 19.5. The van der Waals surface area contributed by atoms with E-state index < -0.39 is 0 Å². The molecule has 0 atom stereocenters. The summed E-state index contributed by atoms with van der Waals surface area (Å²) in [5.41, 5.74) is 7.15. The number of aromatic nitrogens is 2. The van der Waals surface area contributed by atoms with Crippen molar-refractivity contribution in [3.63, 3.8) is 0 Å². The Bertz CT molecular complexity index is 1540. The maximum absolute atomic E-state index is 12.9. The third-order valence-electron chi connectivity index (χ3n) is 7.13. The molecule has 0 aliphatic heterocycles. The van der Waals surface area contributed by atoms with Gasteiger partial charge in [-0.2, -0.15) is 5.26 Å². The van der Waals surface area contributed by atoms with Crippen molar-refractivity contribution < 1.29 is 0 Å². The lowest BCUT2D eigenvalue weighted by Gasteiger charge is -2.27. The van der Waals surface area contributed by atoms with E-state index in [4.69, 9.17) is 11.6 Å². The standard InChI is InChI=1S/C29H25ClN4O/c1-33-26-13-10-22(16-31)32-29(26)27(15-28(33)35)34(17-18-2-3-18)23-11-12-24(19-4-5-19)25(14-23)20-6-8-21(30)9-7-20/h6-15,18-19H,2-5,17H2,1H3. The summed E-state index contributed by atoms with van der Waals surface area (Å²) in [6, 6.07) is 22.0. The number of pyridine rings is 2. The summed E-state index contributed by atoms with van der Waals surface area (Å²) in [6.07, 6.45) is 4.79. The minimum absolute atomic E-state index is 0.0904. The molecular weight excluding hydrogens is 456 g/mol. The van der Waals surface area contributed by atoms with Crippen LogP contribution in [-0.2, 0) is 7.05 Å². The molecule has 0 radical (unpaired) electrons. The Hall–Kier alpha value is -3.62. The van der Waals surface area contributed by atoms with Crippen molar-refractivity contribution in [1.82, 2.24) is 9.55 Å². The number of anilines is 2. The van der Waals surface area contributed by atoms with Crippen LogP contribution in [0.2, 0.25) is 5.02 Å². The number of benzene rings is 2. The van der Waals surface area contributed by atoms with E-state index in [9.17, 15) is 10.1 Å². The quantitative estimate of drug-likeness (QED) is 0.314. The summed E-state index contributed by atoms with van der Waals surface area (Å²) in [4.78, 5) is 19.8. The number of halogens is 1. The van der Waals surface area contributed by atoms with E-state index in [1.54, 1.807) is 23.7 Å². The molecule has 35 heavy (non-hydrogen) atoms. The van der Waals surface area contributed by atoms with E-state index >= 15 is 0 Å². The molecule has 5 nitrogen and oxygen atoms in total. The Labute approximate surface area is 209 Å². The number of fused-ring (bicyclic) bond motifs is 1. The van der Waals surface area contributed by atoms with Crippen molar-refractivity contribution in [3.8, 4) is 17.2 Å². The third-order valence-corrected chi connectivity index (χ3v) is 7.38. The second-order valence-electron chi connectivity index (χ2n) is 9.71. The van der Waals surface area contributed by atoms with Gasteiger partial charge in [-0.25, -0.2) is 4.98 Å². The predicted octanol–water partition coefficient (Wildman–Crippen LogP) is 6.55. The van der Waals surface area contributed by atoms with Gasteiger partial charge in [0.15, 0.2) is 0 Å². The van der Waals surface area contributed by atoms with Crippen LogP contribution in [0.3, 0.4) is 0 Å². The number of hydrogen-bond donors (Lipinski definition) is 0. The Morgan fingerprint density at radius 1 is 1.06 bits per heavy atom. The van der Waals surface area contributed by atoms with Crippen LogP contribution in [0, 0.1) is 17.2 Å². The van der Waals surface area contributed by atoms with Gasteiger partial charge in [0, 0.05) is 30.4 Å². The molecule has 0 bridgehead atoms. The first-order valence-corrected chi connectivity index (χ1v) is 12.5. The van der Waals surface area contributed by atoms with Crippen LogP contribution in [0.1, 0.15) is 42.9 Å². The fraction of sp³-hybridized carbons (Fsp3) is 0.276. The maximum atomic E-state index is 12.9. The summed E-state index contributed by atoms with van der Waals surface area (Å²) in [5.74, 6) is 1.17. The number of aryl methyl sites for hydroxylation is 1. The molecule has 6 heteroatoms. The van der Waals surface area contributed by atoms with Crippen molar-refractivity contribution in [2.24, 2.45) is 13.0 Å².